The quantitative estimate of drug-likeness (QED) is 0.805. The molecule has 0 fully saturated rings. The van der Waals surface area contributed by atoms with E-state index in [2.05, 4.69) is 5.32 Å². The standard InChI is InChI=1S/C20H25N3O3/c1-4-25-16-8-6-15(7-9-16)22-19(24)12-23-13-20(2,3)26-18-11-14(21)5-10-17(18)23/h5-11H,4,12-13,21H2,1-3H3,(H,22,24). The average molecular weight is 355 g/mol. The molecule has 1 aliphatic rings. The van der Waals surface area contributed by atoms with Crippen LogP contribution in [0.5, 0.6) is 11.5 Å². The molecule has 6 nitrogen and oxygen atoms in total. The van der Waals surface area contributed by atoms with Crippen LogP contribution >= 0.6 is 0 Å². The van der Waals surface area contributed by atoms with E-state index in [0.29, 0.717) is 24.6 Å². The van der Waals surface area contributed by atoms with Crippen LogP contribution in [0, 0.1) is 0 Å². The van der Waals surface area contributed by atoms with Gasteiger partial charge in [-0.1, -0.05) is 0 Å². The zero-order valence-corrected chi connectivity index (χ0v) is 15.4. The molecule has 26 heavy (non-hydrogen) atoms. The van der Waals surface area contributed by atoms with Crippen LogP contribution in [0.15, 0.2) is 42.5 Å². The number of amides is 1. The Bertz CT molecular complexity index is 787. The van der Waals surface area contributed by atoms with E-state index in [9.17, 15) is 4.79 Å². The molecule has 0 bridgehead atoms. The SMILES string of the molecule is CCOc1ccc(NC(=O)CN2CC(C)(C)Oc3cc(N)ccc32)cc1. The monoisotopic (exact) mass is 355 g/mol. The third-order valence-electron chi connectivity index (χ3n) is 4.07. The van der Waals surface area contributed by atoms with Gasteiger partial charge >= 0.3 is 0 Å². The summed E-state index contributed by atoms with van der Waals surface area (Å²) in [5.41, 5.74) is 7.72. The summed E-state index contributed by atoms with van der Waals surface area (Å²) in [6, 6.07) is 12.9. The summed E-state index contributed by atoms with van der Waals surface area (Å²) >= 11 is 0. The number of hydrogen-bond acceptors (Lipinski definition) is 5. The van der Waals surface area contributed by atoms with Gasteiger partial charge in [0.1, 0.15) is 17.1 Å². The number of fused-ring (bicyclic) bond motifs is 1. The first-order valence-electron chi connectivity index (χ1n) is 8.72. The van der Waals surface area contributed by atoms with Crippen molar-refractivity contribution in [3.8, 4) is 11.5 Å². The smallest absolute Gasteiger partial charge is 0.243 e. The second-order valence-corrected chi connectivity index (χ2v) is 6.95. The fraction of sp³-hybridized carbons (Fsp3) is 0.350. The van der Waals surface area contributed by atoms with Gasteiger partial charge < -0.3 is 25.4 Å². The molecule has 1 heterocycles. The maximum atomic E-state index is 12.5. The molecular formula is C20H25N3O3. The summed E-state index contributed by atoms with van der Waals surface area (Å²) in [6.45, 7) is 7.39. The van der Waals surface area contributed by atoms with Crippen molar-refractivity contribution < 1.29 is 14.3 Å². The van der Waals surface area contributed by atoms with Gasteiger partial charge in [-0.3, -0.25) is 4.79 Å². The number of benzene rings is 2. The lowest BCUT2D eigenvalue weighted by Crippen LogP contribution is -2.49. The first kappa shape index (κ1) is 17.9. The van der Waals surface area contributed by atoms with Gasteiger partial charge in [0.05, 0.1) is 25.4 Å². The van der Waals surface area contributed by atoms with Crippen LogP contribution in [0.25, 0.3) is 0 Å². The van der Waals surface area contributed by atoms with E-state index < -0.39 is 5.60 Å². The third kappa shape index (κ3) is 4.20. The lowest BCUT2D eigenvalue weighted by Gasteiger charge is -2.40. The number of carbonyl (C=O) groups is 1. The Hall–Kier alpha value is -2.89. The van der Waals surface area contributed by atoms with Crippen molar-refractivity contribution in [1.29, 1.82) is 0 Å². The molecule has 0 saturated heterocycles. The topological polar surface area (TPSA) is 76.8 Å². The maximum absolute atomic E-state index is 12.5. The van der Waals surface area contributed by atoms with Gasteiger partial charge in [-0.2, -0.15) is 0 Å². The van der Waals surface area contributed by atoms with E-state index in [1.807, 2.05) is 62.1 Å². The summed E-state index contributed by atoms with van der Waals surface area (Å²) in [5, 5.41) is 2.93. The molecule has 0 atom stereocenters. The third-order valence-corrected chi connectivity index (χ3v) is 4.07. The molecule has 0 aromatic heterocycles. The summed E-state index contributed by atoms with van der Waals surface area (Å²) in [5.74, 6) is 1.40. The van der Waals surface area contributed by atoms with Crippen LogP contribution in [0.1, 0.15) is 20.8 Å². The molecule has 2 aromatic carbocycles. The Labute approximate surface area is 153 Å². The van der Waals surface area contributed by atoms with Crippen molar-refractivity contribution in [2.75, 3.05) is 35.6 Å². The number of nitrogens with two attached hydrogens (primary N) is 1. The van der Waals surface area contributed by atoms with Gasteiger partial charge in [0, 0.05) is 17.4 Å². The number of rotatable bonds is 5. The van der Waals surface area contributed by atoms with Gasteiger partial charge in [-0.25, -0.2) is 0 Å². The lowest BCUT2D eigenvalue weighted by molar-refractivity contribution is -0.115. The van der Waals surface area contributed by atoms with E-state index in [-0.39, 0.29) is 12.5 Å². The Morgan fingerprint density at radius 3 is 2.69 bits per heavy atom. The van der Waals surface area contributed by atoms with E-state index >= 15 is 0 Å². The maximum Gasteiger partial charge on any atom is 0.243 e. The van der Waals surface area contributed by atoms with Crippen LogP contribution in [-0.4, -0.2) is 31.2 Å². The minimum atomic E-state index is -0.403. The largest absolute Gasteiger partial charge is 0.494 e. The molecule has 138 valence electrons. The van der Waals surface area contributed by atoms with Crippen LogP contribution in [0.4, 0.5) is 17.1 Å². The molecule has 2 aromatic rings. The van der Waals surface area contributed by atoms with Crippen LogP contribution < -0.4 is 25.4 Å². The van der Waals surface area contributed by atoms with Crippen LogP contribution in [0.3, 0.4) is 0 Å². The summed E-state index contributed by atoms with van der Waals surface area (Å²) < 4.78 is 11.4. The lowest BCUT2D eigenvalue weighted by atomic mass is 10.0. The van der Waals surface area contributed by atoms with Crippen LogP contribution in [-0.2, 0) is 4.79 Å². The highest BCUT2D eigenvalue weighted by molar-refractivity contribution is 5.94. The summed E-state index contributed by atoms with van der Waals surface area (Å²) in [6.07, 6.45) is 0. The molecule has 3 rings (SSSR count). The molecule has 1 amide bonds. The number of carbonyl (C=O) groups excluding carboxylic acids is 1. The van der Waals surface area contributed by atoms with Gasteiger partial charge in [0.15, 0.2) is 0 Å². The Morgan fingerprint density at radius 2 is 2.00 bits per heavy atom. The molecule has 0 radical (unpaired) electrons. The summed E-state index contributed by atoms with van der Waals surface area (Å²) in [4.78, 5) is 14.5. The van der Waals surface area contributed by atoms with Gasteiger partial charge in [-0.15, -0.1) is 0 Å². The summed E-state index contributed by atoms with van der Waals surface area (Å²) in [7, 11) is 0. The van der Waals surface area contributed by atoms with E-state index in [4.69, 9.17) is 15.2 Å². The normalized spacial score (nSPS) is 15.0. The Kier molecular flexibility index (Phi) is 4.93. The first-order valence-corrected chi connectivity index (χ1v) is 8.72. The molecule has 1 aliphatic heterocycles. The first-order chi connectivity index (χ1) is 12.4. The Balaban J connectivity index is 1.70. The minimum absolute atomic E-state index is 0.0883. The molecule has 0 spiro atoms. The number of nitrogens with zero attached hydrogens (tertiary/aromatic N) is 1. The predicted molar refractivity (Wildman–Crippen MR) is 104 cm³/mol. The van der Waals surface area contributed by atoms with Gasteiger partial charge in [-0.05, 0) is 57.2 Å². The Morgan fingerprint density at radius 1 is 1.27 bits per heavy atom. The number of ether oxygens (including phenoxy) is 2. The molecule has 3 N–H and O–H groups in total. The van der Waals surface area contributed by atoms with Crippen molar-refractivity contribution in [2.24, 2.45) is 0 Å². The zero-order chi connectivity index (χ0) is 18.7. The highest BCUT2D eigenvalue weighted by atomic mass is 16.5. The highest BCUT2D eigenvalue weighted by Gasteiger charge is 2.32. The highest BCUT2D eigenvalue weighted by Crippen LogP contribution is 2.38. The molecule has 0 saturated carbocycles. The van der Waals surface area contributed by atoms with E-state index in [1.54, 1.807) is 6.07 Å². The predicted octanol–water partition coefficient (Wildman–Crippen LogP) is 3.28. The molecule has 0 unspecified atom stereocenters. The second-order valence-electron chi connectivity index (χ2n) is 6.95. The molecule has 0 aliphatic carbocycles. The number of nitrogens with one attached hydrogen (secondary N) is 1. The van der Waals surface area contributed by atoms with Gasteiger partial charge in [0.25, 0.3) is 0 Å². The number of nitrogen functional groups attached to an aromatic ring is 1. The van der Waals surface area contributed by atoms with E-state index in [0.717, 1.165) is 17.1 Å². The zero-order valence-electron chi connectivity index (χ0n) is 15.4. The number of anilines is 3. The fourth-order valence-corrected chi connectivity index (χ4v) is 3.06. The van der Waals surface area contributed by atoms with E-state index in [1.165, 1.54) is 0 Å². The minimum Gasteiger partial charge on any atom is -0.494 e. The van der Waals surface area contributed by atoms with Crippen molar-refractivity contribution in [2.45, 2.75) is 26.4 Å². The van der Waals surface area contributed by atoms with Crippen molar-refractivity contribution in [3.63, 3.8) is 0 Å². The number of hydrogen-bond donors (Lipinski definition) is 2. The molecule has 6 heteroatoms. The van der Waals surface area contributed by atoms with Gasteiger partial charge in [0.2, 0.25) is 5.91 Å². The van der Waals surface area contributed by atoms with Crippen LogP contribution in [0.2, 0.25) is 0 Å². The average Bonchev–Trinajstić information content (AvgIpc) is 2.55. The fourth-order valence-electron chi connectivity index (χ4n) is 3.06. The second kappa shape index (κ2) is 7.15. The van der Waals surface area contributed by atoms with Crippen molar-refractivity contribution in [1.82, 2.24) is 0 Å². The molecular weight excluding hydrogens is 330 g/mol. The van der Waals surface area contributed by atoms with Crippen molar-refractivity contribution >= 4 is 23.0 Å². The van der Waals surface area contributed by atoms with Crippen molar-refractivity contribution in [3.05, 3.63) is 42.5 Å².